The van der Waals surface area contributed by atoms with Gasteiger partial charge in [-0.25, -0.2) is 0 Å². The molecule has 2 saturated heterocycles. The van der Waals surface area contributed by atoms with E-state index < -0.39 is 0 Å². The largest absolute Gasteiger partial charge is 0.303 e. The molecule has 0 aromatic carbocycles. The average molecular weight is 194 g/mol. The van der Waals surface area contributed by atoms with E-state index in [9.17, 15) is 4.79 Å². The summed E-state index contributed by atoms with van der Waals surface area (Å²) in [5.41, 5.74) is 0.224. The van der Waals surface area contributed by atoms with Crippen molar-refractivity contribution in [1.82, 2.24) is 5.32 Å². The maximum absolute atomic E-state index is 10.9. The quantitative estimate of drug-likeness (QED) is 0.619. The van der Waals surface area contributed by atoms with Gasteiger partial charge in [0.05, 0.1) is 6.54 Å². The van der Waals surface area contributed by atoms with Gasteiger partial charge in [0, 0.05) is 17.7 Å². The van der Waals surface area contributed by atoms with Gasteiger partial charge in [-0.15, -0.1) is 12.4 Å². The zero-order valence-corrected chi connectivity index (χ0v) is 7.89. The molecule has 0 amide bonds. The van der Waals surface area contributed by atoms with Gasteiger partial charge < -0.3 is 5.32 Å². The lowest BCUT2D eigenvalue weighted by Crippen LogP contribution is -2.39. The second kappa shape index (κ2) is 3.33. The van der Waals surface area contributed by atoms with Gasteiger partial charge in [0.15, 0.2) is 0 Å². The van der Waals surface area contributed by atoms with E-state index in [1.54, 1.807) is 0 Å². The fraction of sp³-hybridized carbons (Fsp3) is 0.857. The van der Waals surface area contributed by atoms with Crippen molar-refractivity contribution in [3.05, 3.63) is 0 Å². The van der Waals surface area contributed by atoms with Crippen LogP contribution in [0.1, 0.15) is 12.8 Å². The second-order valence-corrected chi connectivity index (χ2v) is 4.26. The first kappa shape index (κ1) is 9.36. The Kier molecular flexibility index (Phi) is 2.84. The lowest BCUT2D eigenvalue weighted by molar-refractivity contribution is -0.116. The summed E-state index contributed by atoms with van der Waals surface area (Å²) in [6, 6.07) is 0. The van der Waals surface area contributed by atoms with Crippen molar-refractivity contribution < 1.29 is 4.79 Å². The van der Waals surface area contributed by atoms with Gasteiger partial charge in [-0.05, 0) is 12.2 Å². The Labute approximate surface area is 76.9 Å². The highest BCUT2D eigenvalue weighted by Gasteiger charge is 2.40. The third-order valence-corrected chi connectivity index (χ3v) is 3.55. The number of carbonyl (C=O) groups is 1. The minimum Gasteiger partial charge on any atom is -0.303 e. The summed E-state index contributed by atoms with van der Waals surface area (Å²) >= 11 is 1.96. The SMILES string of the molecule is Cl.O=C1CNC2(CCSC2)C1. The highest BCUT2D eigenvalue weighted by Crippen LogP contribution is 2.33. The van der Waals surface area contributed by atoms with Crippen molar-refractivity contribution in [3.63, 3.8) is 0 Å². The molecule has 2 heterocycles. The van der Waals surface area contributed by atoms with E-state index in [1.165, 1.54) is 12.2 Å². The zero-order valence-electron chi connectivity index (χ0n) is 6.26. The van der Waals surface area contributed by atoms with E-state index in [1.807, 2.05) is 11.8 Å². The predicted molar refractivity (Wildman–Crippen MR) is 49.5 cm³/mol. The number of nitrogens with one attached hydrogen (secondary N) is 1. The molecule has 0 bridgehead atoms. The maximum Gasteiger partial charge on any atom is 0.148 e. The van der Waals surface area contributed by atoms with Crippen LogP contribution in [0.25, 0.3) is 0 Å². The van der Waals surface area contributed by atoms with Crippen molar-refractivity contribution in [1.29, 1.82) is 0 Å². The number of Topliss-reactive ketones (excluding diaryl/α,β-unsaturated/α-hetero) is 1. The molecule has 4 heteroatoms. The minimum atomic E-state index is 0. The van der Waals surface area contributed by atoms with Crippen molar-refractivity contribution in [2.45, 2.75) is 18.4 Å². The van der Waals surface area contributed by atoms with Gasteiger partial charge in [0.2, 0.25) is 0 Å². The van der Waals surface area contributed by atoms with Gasteiger partial charge >= 0.3 is 0 Å². The van der Waals surface area contributed by atoms with Gasteiger partial charge in [0.25, 0.3) is 0 Å². The Morgan fingerprint density at radius 2 is 2.36 bits per heavy atom. The number of thioether (sulfide) groups is 1. The molecule has 64 valence electrons. The monoisotopic (exact) mass is 193 g/mol. The van der Waals surface area contributed by atoms with Crippen molar-refractivity contribution in [2.24, 2.45) is 0 Å². The van der Waals surface area contributed by atoms with Crippen LogP contribution in [0.5, 0.6) is 0 Å². The maximum atomic E-state index is 10.9. The van der Waals surface area contributed by atoms with Gasteiger partial charge in [-0.3, -0.25) is 4.79 Å². The summed E-state index contributed by atoms with van der Waals surface area (Å²) in [6.07, 6.45) is 1.96. The number of hydrogen-bond donors (Lipinski definition) is 1. The third-order valence-electron chi connectivity index (χ3n) is 2.30. The molecule has 1 N–H and O–H groups in total. The van der Waals surface area contributed by atoms with E-state index in [0.29, 0.717) is 12.3 Å². The van der Waals surface area contributed by atoms with Crippen LogP contribution in [0.2, 0.25) is 0 Å². The Hall–Kier alpha value is 0.270. The van der Waals surface area contributed by atoms with Gasteiger partial charge in [0.1, 0.15) is 5.78 Å². The Balaban J connectivity index is 0.000000605. The van der Waals surface area contributed by atoms with Crippen LogP contribution in [0.3, 0.4) is 0 Å². The lowest BCUT2D eigenvalue weighted by Gasteiger charge is -2.19. The fourth-order valence-electron chi connectivity index (χ4n) is 1.67. The van der Waals surface area contributed by atoms with Crippen LogP contribution in [0, 0.1) is 0 Å². The molecular weight excluding hydrogens is 182 g/mol. The molecule has 0 aromatic rings. The van der Waals surface area contributed by atoms with Crippen molar-refractivity contribution >= 4 is 30.0 Å². The molecule has 1 atom stereocenters. The molecule has 2 aliphatic rings. The van der Waals surface area contributed by atoms with Gasteiger partial charge in [-0.1, -0.05) is 0 Å². The van der Waals surface area contributed by atoms with E-state index in [0.717, 1.165) is 12.2 Å². The van der Waals surface area contributed by atoms with E-state index in [-0.39, 0.29) is 17.9 Å². The molecule has 2 aliphatic heterocycles. The Morgan fingerprint density at radius 1 is 1.55 bits per heavy atom. The molecule has 1 unspecified atom stereocenters. The minimum absolute atomic E-state index is 0. The Bertz CT molecular complexity index is 168. The number of halogens is 1. The van der Waals surface area contributed by atoms with E-state index >= 15 is 0 Å². The van der Waals surface area contributed by atoms with Crippen molar-refractivity contribution in [2.75, 3.05) is 18.1 Å². The van der Waals surface area contributed by atoms with Crippen LogP contribution in [0.4, 0.5) is 0 Å². The second-order valence-electron chi connectivity index (χ2n) is 3.15. The van der Waals surface area contributed by atoms with Crippen LogP contribution < -0.4 is 5.32 Å². The summed E-state index contributed by atoms with van der Waals surface area (Å²) < 4.78 is 0. The molecular formula is C7H12ClNOS. The van der Waals surface area contributed by atoms with Crippen LogP contribution in [-0.4, -0.2) is 29.4 Å². The lowest BCUT2D eigenvalue weighted by atomic mass is 9.97. The standard InChI is InChI=1S/C7H11NOS.ClH/c9-6-3-7(8-4-6)1-2-10-5-7;/h8H,1-5H2;1H. The van der Waals surface area contributed by atoms with Crippen LogP contribution in [-0.2, 0) is 4.79 Å². The van der Waals surface area contributed by atoms with Crippen molar-refractivity contribution in [3.8, 4) is 0 Å². The molecule has 11 heavy (non-hydrogen) atoms. The number of carbonyl (C=O) groups excluding carboxylic acids is 1. The first-order chi connectivity index (χ1) is 4.81. The van der Waals surface area contributed by atoms with Crippen LogP contribution >= 0.6 is 24.2 Å². The number of ketones is 1. The molecule has 0 aliphatic carbocycles. The first-order valence-electron chi connectivity index (χ1n) is 3.65. The fourth-order valence-corrected chi connectivity index (χ4v) is 3.09. The Morgan fingerprint density at radius 3 is 2.82 bits per heavy atom. The summed E-state index contributed by atoms with van der Waals surface area (Å²) in [4.78, 5) is 10.9. The number of rotatable bonds is 0. The molecule has 0 radical (unpaired) electrons. The normalized spacial score (nSPS) is 36.2. The summed E-state index contributed by atoms with van der Waals surface area (Å²) in [5, 5.41) is 3.31. The summed E-state index contributed by atoms with van der Waals surface area (Å²) in [5.74, 6) is 2.75. The average Bonchev–Trinajstić information content (AvgIpc) is 2.46. The molecule has 2 fully saturated rings. The molecule has 0 saturated carbocycles. The molecule has 2 nitrogen and oxygen atoms in total. The molecule has 0 aromatic heterocycles. The number of hydrogen-bond acceptors (Lipinski definition) is 3. The molecule has 2 rings (SSSR count). The zero-order chi connectivity index (χ0) is 7.03. The third kappa shape index (κ3) is 1.71. The highest BCUT2D eigenvalue weighted by atomic mass is 35.5. The smallest absolute Gasteiger partial charge is 0.148 e. The summed E-state index contributed by atoms with van der Waals surface area (Å²) in [6.45, 7) is 0.612. The van der Waals surface area contributed by atoms with Gasteiger partial charge in [-0.2, -0.15) is 11.8 Å². The molecule has 1 spiro atoms. The predicted octanol–water partition coefficient (Wildman–Crippen LogP) is 0.846. The first-order valence-corrected chi connectivity index (χ1v) is 4.81. The van der Waals surface area contributed by atoms with E-state index in [2.05, 4.69) is 5.32 Å². The summed E-state index contributed by atoms with van der Waals surface area (Å²) in [7, 11) is 0. The highest BCUT2D eigenvalue weighted by molar-refractivity contribution is 7.99. The topological polar surface area (TPSA) is 29.1 Å². The van der Waals surface area contributed by atoms with E-state index in [4.69, 9.17) is 0 Å². The van der Waals surface area contributed by atoms with Crippen LogP contribution in [0.15, 0.2) is 0 Å².